The number of aromatic nitrogens is 2. The van der Waals surface area contributed by atoms with Crippen molar-refractivity contribution in [3.8, 4) is 0 Å². The highest BCUT2D eigenvalue weighted by Crippen LogP contribution is 2.30. The maximum absolute atomic E-state index is 13.7. The van der Waals surface area contributed by atoms with Crippen molar-refractivity contribution in [2.24, 2.45) is 0 Å². The second kappa shape index (κ2) is 9.24. The molecule has 1 aromatic carbocycles. The van der Waals surface area contributed by atoms with Gasteiger partial charge in [0.2, 0.25) is 0 Å². The van der Waals surface area contributed by atoms with Crippen molar-refractivity contribution >= 4 is 5.91 Å². The molecule has 160 valence electrons. The SMILES string of the molecule is Cc1ccn(Cc2cccnc2)c(=O)c1C(=O)N1CCO[C@@H](CO)[C@@H]1c1ccccc1. The Balaban J connectivity index is 1.72. The summed E-state index contributed by atoms with van der Waals surface area (Å²) in [5.41, 5.74) is 2.16. The Morgan fingerprint density at radius 2 is 2.00 bits per heavy atom. The molecule has 4 rings (SSSR count). The number of nitrogens with zero attached hydrogens (tertiary/aromatic N) is 3. The number of morpholine rings is 1. The van der Waals surface area contributed by atoms with Crippen molar-refractivity contribution < 1.29 is 14.6 Å². The van der Waals surface area contributed by atoms with E-state index in [1.807, 2.05) is 42.5 Å². The quantitative estimate of drug-likeness (QED) is 0.685. The highest BCUT2D eigenvalue weighted by Gasteiger charge is 2.37. The third-order valence-corrected chi connectivity index (χ3v) is 5.60. The summed E-state index contributed by atoms with van der Waals surface area (Å²) in [4.78, 5) is 32.7. The minimum absolute atomic E-state index is 0.144. The number of carbonyl (C=O) groups is 1. The summed E-state index contributed by atoms with van der Waals surface area (Å²) in [6, 6.07) is 14.5. The first kappa shape index (κ1) is 21.0. The van der Waals surface area contributed by atoms with Crippen molar-refractivity contribution in [2.45, 2.75) is 25.6 Å². The molecule has 31 heavy (non-hydrogen) atoms. The topological polar surface area (TPSA) is 84.7 Å². The predicted octanol–water partition coefficient (Wildman–Crippen LogP) is 2.17. The summed E-state index contributed by atoms with van der Waals surface area (Å²) in [5.74, 6) is -0.348. The first-order valence-electron chi connectivity index (χ1n) is 10.3. The number of rotatable bonds is 5. The van der Waals surface area contributed by atoms with Crippen LogP contribution in [0.1, 0.15) is 33.1 Å². The van der Waals surface area contributed by atoms with Crippen LogP contribution in [0.2, 0.25) is 0 Å². The number of hydrogen-bond acceptors (Lipinski definition) is 5. The van der Waals surface area contributed by atoms with Crippen LogP contribution in [0.25, 0.3) is 0 Å². The molecular weight excluding hydrogens is 394 g/mol. The molecule has 7 nitrogen and oxygen atoms in total. The first-order valence-corrected chi connectivity index (χ1v) is 10.3. The van der Waals surface area contributed by atoms with Crippen LogP contribution in [0.4, 0.5) is 0 Å². The van der Waals surface area contributed by atoms with Gasteiger partial charge >= 0.3 is 0 Å². The molecule has 3 heterocycles. The van der Waals surface area contributed by atoms with Crippen LogP contribution in [-0.4, -0.2) is 51.3 Å². The van der Waals surface area contributed by atoms with Crippen LogP contribution < -0.4 is 5.56 Å². The van der Waals surface area contributed by atoms with Gasteiger partial charge in [-0.2, -0.15) is 0 Å². The van der Waals surface area contributed by atoms with Crippen LogP contribution in [0.5, 0.6) is 0 Å². The van der Waals surface area contributed by atoms with E-state index in [1.165, 1.54) is 4.57 Å². The molecule has 1 aliphatic rings. The molecule has 0 radical (unpaired) electrons. The Morgan fingerprint density at radius 3 is 2.71 bits per heavy atom. The standard InChI is InChI=1S/C24H25N3O4/c1-17-9-11-26(15-18-6-5-10-25-14-18)23(29)21(17)24(30)27-12-13-31-20(16-28)22(27)19-7-3-2-4-8-19/h2-11,14,20,22,28H,12-13,15-16H2,1H3/t20-,22-/m0/s1. The lowest BCUT2D eigenvalue weighted by molar-refractivity contribution is -0.0812. The molecule has 1 aliphatic heterocycles. The zero-order valence-electron chi connectivity index (χ0n) is 17.3. The average molecular weight is 419 g/mol. The fourth-order valence-electron chi connectivity index (χ4n) is 4.04. The molecular formula is C24H25N3O4. The molecule has 7 heteroatoms. The summed E-state index contributed by atoms with van der Waals surface area (Å²) >= 11 is 0. The van der Waals surface area contributed by atoms with E-state index in [9.17, 15) is 14.7 Å². The van der Waals surface area contributed by atoms with E-state index in [2.05, 4.69) is 4.98 Å². The van der Waals surface area contributed by atoms with Gasteiger partial charge in [-0.1, -0.05) is 36.4 Å². The minimum Gasteiger partial charge on any atom is -0.394 e. The molecule has 1 saturated heterocycles. The number of carbonyl (C=O) groups excluding carboxylic acids is 1. The molecule has 0 aliphatic carbocycles. The number of aliphatic hydroxyl groups is 1. The van der Waals surface area contributed by atoms with Crippen molar-refractivity contribution in [1.29, 1.82) is 0 Å². The van der Waals surface area contributed by atoms with E-state index >= 15 is 0 Å². The van der Waals surface area contributed by atoms with Gasteiger partial charge in [0.25, 0.3) is 11.5 Å². The van der Waals surface area contributed by atoms with Crippen LogP contribution in [0, 0.1) is 6.92 Å². The molecule has 0 bridgehead atoms. The molecule has 1 amide bonds. The predicted molar refractivity (Wildman–Crippen MR) is 116 cm³/mol. The third kappa shape index (κ3) is 4.28. The number of hydrogen-bond donors (Lipinski definition) is 1. The van der Waals surface area contributed by atoms with Gasteiger partial charge in [0.05, 0.1) is 25.8 Å². The number of amides is 1. The van der Waals surface area contributed by atoms with E-state index in [0.29, 0.717) is 25.3 Å². The van der Waals surface area contributed by atoms with Crippen molar-refractivity contribution in [3.05, 3.63) is 99.7 Å². The highest BCUT2D eigenvalue weighted by atomic mass is 16.5. The molecule has 2 atom stereocenters. The molecule has 1 fully saturated rings. The maximum atomic E-state index is 13.7. The molecule has 0 unspecified atom stereocenters. The zero-order valence-corrected chi connectivity index (χ0v) is 17.3. The van der Waals surface area contributed by atoms with E-state index in [1.54, 1.807) is 36.5 Å². The Kier molecular flexibility index (Phi) is 6.25. The first-order chi connectivity index (χ1) is 15.1. The highest BCUT2D eigenvalue weighted by molar-refractivity contribution is 5.95. The van der Waals surface area contributed by atoms with Gasteiger partial charge in [-0.15, -0.1) is 0 Å². The third-order valence-electron chi connectivity index (χ3n) is 5.60. The fraction of sp³-hybridized carbons (Fsp3) is 0.292. The van der Waals surface area contributed by atoms with Crippen LogP contribution in [0.15, 0.2) is 71.9 Å². The van der Waals surface area contributed by atoms with E-state index in [0.717, 1.165) is 11.1 Å². The number of benzene rings is 1. The summed E-state index contributed by atoms with van der Waals surface area (Å²) in [6.45, 7) is 2.52. The normalized spacial score (nSPS) is 18.7. The van der Waals surface area contributed by atoms with Crippen LogP contribution in [-0.2, 0) is 11.3 Å². The lowest BCUT2D eigenvalue weighted by Gasteiger charge is -2.41. The molecule has 3 aromatic rings. The molecule has 2 aromatic heterocycles. The summed E-state index contributed by atoms with van der Waals surface area (Å²) in [6.07, 6.45) is 4.52. The summed E-state index contributed by atoms with van der Waals surface area (Å²) in [5, 5.41) is 9.88. The largest absolute Gasteiger partial charge is 0.394 e. The van der Waals surface area contributed by atoms with Crippen LogP contribution in [0.3, 0.4) is 0 Å². The summed E-state index contributed by atoms with van der Waals surface area (Å²) < 4.78 is 7.27. The molecule has 0 saturated carbocycles. The molecule has 1 N–H and O–H groups in total. The average Bonchev–Trinajstić information content (AvgIpc) is 2.81. The van der Waals surface area contributed by atoms with E-state index in [-0.39, 0.29) is 23.6 Å². The second-order valence-electron chi connectivity index (χ2n) is 7.61. The van der Waals surface area contributed by atoms with Gasteiger partial charge in [0, 0.05) is 25.1 Å². The number of aliphatic hydroxyl groups excluding tert-OH is 1. The lowest BCUT2D eigenvalue weighted by atomic mass is 9.97. The summed E-state index contributed by atoms with van der Waals surface area (Å²) in [7, 11) is 0. The van der Waals surface area contributed by atoms with Gasteiger partial charge in [0.1, 0.15) is 11.7 Å². The maximum Gasteiger partial charge on any atom is 0.263 e. The Labute approximate surface area is 180 Å². The number of pyridine rings is 2. The Morgan fingerprint density at radius 1 is 1.19 bits per heavy atom. The van der Waals surface area contributed by atoms with Gasteiger partial charge in [-0.3, -0.25) is 14.6 Å². The number of aryl methyl sites for hydroxylation is 1. The van der Waals surface area contributed by atoms with Crippen LogP contribution >= 0.6 is 0 Å². The smallest absolute Gasteiger partial charge is 0.263 e. The fourth-order valence-corrected chi connectivity index (χ4v) is 4.04. The monoisotopic (exact) mass is 419 g/mol. The lowest BCUT2D eigenvalue weighted by Crippen LogP contribution is -2.50. The van der Waals surface area contributed by atoms with Gasteiger partial charge in [-0.05, 0) is 35.7 Å². The minimum atomic E-state index is -0.554. The molecule has 0 spiro atoms. The Hall–Kier alpha value is -3.29. The van der Waals surface area contributed by atoms with E-state index < -0.39 is 12.1 Å². The second-order valence-corrected chi connectivity index (χ2v) is 7.61. The van der Waals surface area contributed by atoms with Gasteiger partial charge in [0.15, 0.2) is 0 Å². The zero-order chi connectivity index (χ0) is 21.8. The van der Waals surface area contributed by atoms with E-state index in [4.69, 9.17) is 4.74 Å². The van der Waals surface area contributed by atoms with Crippen molar-refractivity contribution in [2.75, 3.05) is 19.8 Å². The van der Waals surface area contributed by atoms with Crippen molar-refractivity contribution in [3.63, 3.8) is 0 Å². The number of ether oxygens (including phenoxy) is 1. The van der Waals surface area contributed by atoms with Gasteiger partial charge < -0.3 is 19.3 Å². The van der Waals surface area contributed by atoms with Gasteiger partial charge in [-0.25, -0.2) is 0 Å². The Bertz CT molecular complexity index is 1100. The van der Waals surface area contributed by atoms with Crippen molar-refractivity contribution in [1.82, 2.24) is 14.5 Å².